The Labute approximate surface area is 174 Å². The predicted octanol–water partition coefficient (Wildman–Crippen LogP) is 3.19. The Bertz CT molecular complexity index is 965. The third-order valence-corrected chi connectivity index (χ3v) is 4.79. The number of ether oxygens (including phenoxy) is 1. The maximum atomic E-state index is 13.6. The number of amides is 2. The van der Waals surface area contributed by atoms with Crippen molar-refractivity contribution in [2.24, 2.45) is 0 Å². The van der Waals surface area contributed by atoms with E-state index in [1.54, 1.807) is 47.4 Å². The molecule has 1 saturated heterocycles. The number of hydrogen-bond acceptors (Lipinski definition) is 4. The Balaban J connectivity index is 1.51. The third-order valence-electron chi connectivity index (χ3n) is 4.79. The van der Waals surface area contributed by atoms with E-state index in [0.29, 0.717) is 42.8 Å². The van der Waals surface area contributed by atoms with Crippen molar-refractivity contribution in [3.8, 4) is 5.75 Å². The van der Waals surface area contributed by atoms with Crippen molar-refractivity contribution in [3.05, 3.63) is 71.6 Å². The van der Waals surface area contributed by atoms with Crippen LogP contribution < -0.4 is 10.1 Å². The van der Waals surface area contributed by atoms with E-state index in [1.807, 2.05) is 0 Å². The fourth-order valence-corrected chi connectivity index (χ4v) is 3.29. The minimum absolute atomic E-state index is 0.0563. The molecule has 0 unspecified atom stereocenters. The van der Waals surface area contributed by atoms with Gasteiger partial charge >= 0.3 is 5.97 Å². The summed E-state index contributed by atoms with van der Waals surface area (Å²) < 4.78 is 18.6. The van der Waals surface area contributed by atoms with E-state index < -0.39 is 5.97 Å². The molecule has 2 aromatic carbocycles. The standard InChI is InChI=1S/C23H23FN2O4/c1-16(27)30-20-7-4-6-18(15-20)23(29)26-13-11-19(12-14-26)25-22(28)10-9-17-5-2-3-8-21(17)24/h2-10,15,19H,11-14H2,1H3,(H,25,28)/b10-9+. The molecule has 0 saturated carbocycles. The van der Waals surface area contributed by atoms with Crippen molar-refractivity contribution >= 4 is 23.9 Å². The van der Waals surface area contributed by atoms with Crippen LogP contribution in [0.1, 0.15) is 35.7 Å². The predicted molar refractivity (Wildman–Crippen MR) is 110 cm³/mol. The van der Waals surface area contributed by atoms with Gasteiger partial charge in [0, 0.05) is 43.3 Å². The summed E-state index contributed by atoms with van der Waals surface area (Å²) in [4.78, 5) is 37.6. The number of carbonyl (C=O) groups is 3. The third kappa shape index (κ3) is 5.76. The van der Waals surface area contributed by atoms with Crippen LogP contribution in [0.25, 0.3) is 6.08 Å². The van der Waals surface area contributed by atoms with Crippen LogP contribution in [0.4, 0.5) is 4.39 Å². The van der Waals surface area contributed by atoms with Gasteiger partial charge in [0.1, 0.15) is 11.6 Å². The maximum absolute atomic E-state index is 13.6. The molecule has 2 amide bonds. The van der Waals surface area contributed by atoms with Gasteiger partial charge < -0.3 is 15.0 Å². The normalized spacial score (nSPS) is 14.5. The van der Waals surface area contributed by atoms with Crippen molar-refractivity contribution in [1.29, 1.82) is 0 Å². The highest BCUT2D eigenvalue weighted by atomic mass is 19.1. The highest BCUT2D eigenvalue weighted by Crippen LogP contribution is 2.18. The molecule has 30 heavy (non-hydrogen) atoms. The van der Waals surface area contributed by atoms with Crippen LogP contribution >= 0.6 is 0 Å². The van der Waals surface area contributed by atoms with E-state index in [2.05, 4.69) is 5.32 Å². The lowest BCUT2D eigenvalue weighted by atomic mass is 10.0. The second-order valence-electron chi connectivity index (χ2n) is 7.05. The van der Waals surface area contributed by atoms with Crippen LogP contribution in [-0.2, 0) is 9.59 Å². The second-order valence-corrected chi connectivity index (χ2v) is 7.05. The number of likely N-dealkylation sites (tertiary alicyclic amines) is 1. The molecule has 1 fully saturated rings. The van der Waals surface area contributed by atoms with E-state index in [-0.39, 0.29) is 23.7 Å². The molecule has 2 aromatic rings. The average Bonchev–Trinajstić information content (AvgIpc) is 2.73. The summed E-state index contributed by atoms with van der Waals surface area (Å²) >= 11 is 0. The Kier molecular flexibility index (Phi) is 6.95. The topological polar surface area (TPSA) is 75.7 Å². The van der Waals surface area contributed by atoms with Crippen LogP contribution in [0, 0.1) is 5.82 Å². The Morgan fingerprint density at radius 2 is 1.83 bits per heavy atom. The van der Waals surface area contributed by atoms with Crippen molar-refractivity contribution in [2.45, 2.75) is 25.8 Å². The molecule has 1 aliphatic rings. The molecule has 6 nitrogen and oxygen atoms in total. The monoisotopic (exact) mass is 410 g/mol. The molecular formula is C23H23FN2O4. The van der Waals surface area contributed by atoms with Crippen LogP contribution in [0.3, 0.4) is 0 Å². The Morgan fingerprint density at radius 1 is 1.10 bits per heavy atom. The fraction of sp³-hybridized carbons (Fsp3) is 0.261. The molecule has 0 radical (unpaired) electrons. The van der Waals surface area contributed by atoms with Crippen molar-refractivity contribution in [1.82, 2.24) is 10.2 Å². The van der Waals surface area contributed by atoms with Gasteiger partial charge in [-0.15, -0.1) is 0 Å². The first-order chi connectivity index (χ1) is 14.4. The minimum Gasteiger partial charge on any atom is -0.427 e. The summed E-state index contributed by atoms with van der Waals surface area (Å²) in [7, 11) is 0. The zero-order chi connectivity index (χ0) is 21.5. The number of rotatable bonds is 5. The van der Waals surface area contributed by atoms with Crippen LogP contribution in [0.15, 0.2) is 54.6 Å². The van der Waals surface area contributed by atoms with Crippen molar-refractivity contribution in [3.63, 3.8) is 0 Å². The smallest absolute Gasteiger partial charge is 0.308 e. The van der Waals surface area contributed by atoms with Gasteiger partial charge in [0.05, 0.1) is 0 Å². The summed E-state index contributed by atoms with van der Waals surface area (Å²) in [6.45, 7) is 2.30. The molecule has 1 aliphatic heterocycles. The lowest BCUT2D eigenvalue weighted by Gasteiger charge is -2.32. The number of halogens is 1. The summed E-state index contributed by atoms with van der Waals surface area (Å²) in [6, 6.07) is 12.7. The molecule has 156 valence electrons. The zero-order valence-electron chi connectivity index (χ0n) is 16.6. The zero-order valence-corrected chi connectivity index (χ0v) is 16.6. The number of piperidine rings is 1. The number of hydrogen-bond donors (Lipinski definition) is 1. The van der Waals surface area contributed by atoms with E-state index in [9.17, 15) is 18.8 Å². The number of benzene rings is 2. The number of esters is 1. The summed E-state index contributed by atoms with van der Waals surface area (Å²) in [5.74, 6) is -0.936. The first-order valence-corrected chi connectivity index (χ1v) is 9.73. The van der Waals surface area contributed by atoms with Gasteiger partial charge in [-0.25, -0.2) is 4.39 Å². The van der Waals surface area contributed by atoms with E-state index in [4.69, 9.17) is 4.74 Å². The molecule has 0 aromatic heterocycles. The van der Waals surface area contributed by atoms with Crippen molar-refractivity contribution in [2.75, 3.05) is 13.1 Å². The Hall–Kier alpha value is -3.48. The number of nitrogens with zero attached hydrogens (tertiary/aromatic N) is 1. The highest BCUT2D eigenvalue weighted by molar-refractivity contribution is 5.95. The average molecular weight is 410 g/mol. The largest absolute Gasteiger partial charge is 0.427 e. The maximum Gasteiger partial charge on any atom is 0.308 e. The molecule has 0 atom stereocenters. The number of nitrogens with one attached hydrogen (secondary N) is 1. The Morgan fingerprint density at radius 3 is 2.53 bits per heavy atom. The molecule has 3 rings (SSSR count). The van der Waals surface area contributed by atoms with Gasteiger partial charge in [0.2, 0.25) is 5.91 Å². The van der Waals surface area contributed by atoms with Crippen molar-refractivity contribution < 1.29 is 23.5 Å². The van der Waals surface area contributed by atoms with Crippen LogP contribution in [0.2, 0.25) is 0 Å². The fourth-order valence-electron chi connectivity index (χ4n) is 3.29. The van der Waals surface area contributed by atoms with Crippen LogP contribution in [0.5, 0.6) is 5.75 Å². The second kappa shape index (κ2) is 9.82. The molecular weight excluding hydrogens is 387 g/mol. The summed E-state index contributed by atoms with van der Waals surface area (Å²) in [6.07, 6.45) is 4.00. The first-order valence-electron chi connectivity index (χ1n) is 9.73. The quantitative estimate of drug-likeness (QED) is 0.467. The molecule has 0 aliphatic carbocycles. The van der Waals surface area contributed by atoms with Gasteiger partial charge in [0.15, 0.2) is 0 Å². The SMILES string of the molecule is CC(=O)Oc1cccc(C(=O)N2CCC(NC(=O)/C=C/c3ccccc3F)CC2)c1. The van der Waals surface area contributed by atoms with Gasteiger partial charge in [0.25, 0.3) is 5.91 Å². The van der Waals surface area contributed by atoms with Gasteiger partial charge in [-0.05, 0) is 43.2 Å². The van der Waals surface area contributed by atoms with E-state index in [1.165, 1.54) is 25.1 Å². The van der Waals surface area contributed by atoms with Gasteiger partial charge in [-0.3, -0.25) is 14.4 Å². The molecule has 1 heterocycles. The molecule has 7 heteroatoms. The van der Waals surface area contributed by atoms with Gasteiger partial charge in [-0.2, -0.15) is 0 Å². The summed E-state index contributed by atoms with van der Waals surface area (Å²) in [5, 5.41) is 2.89. The van der Waals surface area contributed by atoms with Gasteiger partial charge in [-0.1, -0.05) is 24.3 Å². The lowest BCUT2D eigenvalue weighted by Crippen LogP contribution is -2.46. The first kappa shape index (κ1) is 21.2. The minimum atomic E-state index is -0.444. The lowest BCUT2D eigenvalue weighted by molar-refractivity contribution is -0.131. The van der Waals surface area contributed by atoms with E-state index in [0.717, 1.165) is 0 Å². The van der Waals surface area contributed by atoms with Crippen LogP contribution in [-0.4, -0.2) is 41.8 Å². The highest BCUT2D eigenvalue weighted by Gasteiger charge is 2.24. The molecule has 0 spiro atoms. The summed E-state index contributed by atoms with van der Waals surface area (Å²) in [5.41, 5.74) is 0.799. The molecule has 1 N–H and O–H groups in total. The van der Waals surface area contributed by atoms with E-state index >= 15 is 0 Å². The number of carbonyl (C=O) groups excluding carboxylic acids is 3. The molecule has 0 bridgehead atoms.